The normalized spacial score (nSPS) is 43.6. The summed E-state index contributed by atoms with van der Waals surface area (Å²) in [6.07, 6.45) is 6.51. The second kappa shape index (κ2) is 3.87. The van der Waals surface area contributed by atoms with Gasteiger partial charge in [0.1, 0.15) is 0 Å². The first kappa shape index (κ1) is 12.2. The van der Waals surface area contributed by atoms with Crippen molar-refractivity contribution >= 4 is 0 Å². The van der Waals surface area contributed by atoms with Crippen molar-refractivity contribution < 1.29 is 5.11 Å². The van der Waals surface area contributed by atoms with Crippen molar-refractivity contribution in [1.29, 1.82) is 0 Å². The SMILES string of the molecule is C=C1CCC(C)(C)C[C@@H]2[C@@H](C)CC[C@@]2(O)C1. The summed E-state index contributed by atoms with van der Waals surface area (Å²) in [5, 5.41) is 10.8. The molecule has 0 bridgehead atoms. The standard InChI is InChI=1S/C15H26O/c1-11-5-7-14(3,4)10-13-12(2)6-8-15(13,16)9-11/h12-13,16H,1,5-10H2,2-4H3/t12-,13+,15+/m0/s1. The zero-order valence-corrected chi connectivity index (χ0v) is 11.1. The van der Waals surface area contributed by atoms with Crippen LogP contribution in [0.5, 0.6) is 0 Å². The number of hydrogen-bond donors (Lipinski definition) is 1. The minimum Gasteiger partial charge on any atom is -0.389 e. The Kier molecular flexibility index (Phi) is 2.94. The van der Waals surface area contributed by atoms with Crippen LogP contribution in [-0.2, 0) is 0 Å². The van der Waals surface area contributed by atoms with Gasteiger partial charge in [0.2, 0.25) is 0 Å². The Balaban J connectivity index is 2.26. The number of hydrogen-bond acceptors (Lipinski definition) is 1. The van der Waals surface area contributed by atoms with Crippen LogP contribution < -0.4 is 0 Å². The van der Waals surface area contributed by atoms with Gasteiger partial charge in [-0.25, -0.2) is 0 Å². The molecule has 0 aromatic carbocycles. The third-order valence-electron chi connectivity index (χ3n) is 4.89. The smallest absolute Gasteiger partial charge is 0.0715 e. The third kappa shape index (κ3) is 2.20. The van der Waals surface area contributed by atoms with Gasteiger partial charge in [-0.2, -0.15) is 0 Å². The second-order valence-corrected chi connectivity index (χ2v) is 7.02. The molecule has 1 heteroatoms. The summed E-state index contributed by atoms with van der Waals surface area (Å²) in [7, 11) is 0. The number of fused-ring (bicyclic) bond motifs is 1. The van der Waals surface area contributed by atoms with E-state index in [9.17, 15) is 5.11 Å². The Labute approximate surface area is 99.9 Å². The van der Waals surface area contributed by atoms with E-state index in [2.05, 4.69) is 27.4 Å². The van der Waals surface area contributed by atoms with E-state index in [-0.39, 0.29) is 0 Å². The summed E-state index contributed by atoms with van der Waals surface area (Å²) < 4.78 is 0. The maximum absolute atomic E-state index is 10.8. The van der Waals surface area contributed by atoms with E-state index in [1.54, 1.807) is 0 Å². The van der Waals surface area contributed by atoms with Gasteiger partial charge in [0.05, 0.1) is 5.60 Å². The van der Waals surface area contributed by atoms with Gasteiger partial charge in [-0.1, -0.05) is 32.9 Å². The molecule has 0 aromatic heterocycles. The Hall–Kier alpha value is -0.300. The summed E-state index contributed by atoms with van der Waals surface area (Å²) in [6, 6.07) is 0. The zero-order chi connectivity index (χ0) is 12.0. The summed E-state index contributed by atoms with van der Waals surface area (Å²) in [6.45, 7) is 11.1. The predicted octanol–water partition coefficient (Wildman–Crippen LogP) is 3.92. The number of rotatable bonds is 0. The molecule has 0 amide bonds. The number of aliphatic hydroxyl groups is 1. The molecule has 0 spiro atoms. The van der Waals surface area contributed by atoms with Gasteiger partial charge in [0, 0.05) is 0 Å². The molecule has 0 aliphatic heterocycles. The van der Waals surface area contributed by atoms with Crippen molar-refractivity contribution in [1.82, 2.24) is 0 Å². The van der Waals surface area contributed by atoms with Crippen LogP contribution in [0.3, 0.4) is 0 Å². The lowest BCUT2D eigenvalue weighted by Gasteiger charge is -2.41. The first-order chi connectivity index (χ1) is 7.32. The van der Waals surface area contributed by atoms with Crippen molar-refractivity contribution in [2.24, 2.45) is 17.3 Å². The molecule has 0 heterocycles. The summed E-state index contributed by atoms with van der Waals surface area (Å²) in [5.74, 6) is 1.16. The first-order valence-corrected chi connectivity index (χ1v) is 6.71. The van der Waals surface area contributed by atoms with E-state index in [1.807, 2.05) is 0 Å². The fourth-order valence-electron chi connectivity index (χ4n) is 3.74. The highest BCUT2D eigenvalue weighted by Crippen LogP contribution is 2.51. The fraction of sp³-hybridized carbons (Fsp3) is 0.867. The monoisotopic (exact) mass is 222 g/mol. The summed E-state index contributed by atoms with van der Waals surface area (Å²) in [4.78, 5) is 0. The lowest BCUT2D eigenvalue weighted by atomic mass is 9.68. The molecule has 2 fully saturated rings. The minimum atomic E-state index is -0.436. The van der Waals surface area contributed by atoms with Crippen LogP contribution in [0.2, 0.25) is 0 Å². The molecule has 2 aliphatic carbocycles. The highest BCUT2D eigenvalue weighted by Gasteiger charge is 2.48. The highest BCUT2D eigenvalue weighted by atomic mass is 16.3. The molecule has 2 saturated carbocycles. The van der Waals surface area contributed by atoms with E-state index in [1.165, 1.54) is 24.8 Å². The fourth-order valence-corrected chi connectivity index (χ4v) is 3.74. The third-order valence-corrected chi connectivity index (χ3v) is 4.89. The highest BCUT2D eigenvalue weighted by molar-refractivity contribution is 5.10. The van der Waals surface area contributed by atoms with Crippen LogP contribution in [0.25, 0.3) is 0 Å². The Morgan fingerprint density at radius 1 is 1.31 bits per heavy atom. The van der Waals surface area contributed by atoms with Crippen LogP contribution in [-0.4, -0.2) is 10.7 Å². The maximum atomic E-state index is 10.8. The molecule has 1 N–H and O–H groups in total. The molecule has 0 radical (unpaired) electrons. The molecule has 0 aromatic rings. The van der Waals surface area contributed by atoms with Crippen LogP contribution in [0, 0.1) is 17.3 Å². The lowest BCUT2D eigenvalue weighted by Crippen LogP contribution is -2.39. The maximum Gasteiger partial charge on any atom is 0.0715 e. The van der Waals surface area contributed by atoms with Gasteiger partial charge in [-0.3, -0.25) is 0 Å². The van der Waals surface area contributed by atoms with Gasteiger partial charge < -0.3 is 5.11 Å². The van der Waals surface area contributed by atoms with E-state index in [0.29, 0.717) is 17.3 Å². The van der Waals surface area contributed by atoms with Gasteiger partial charge >= 0.3 is 0 Å². The largest absolute Gasteiger partial charge is 0.389 e. The minimum absolute atomic E-state index is 0.362. The first-order valence-electron chi connectivity index (χ1n) is 6.71. The molecular weight excluding hydrogens is 196 g/mol. The van der Waals surface area contributed by atoms with Crippen molar-refractivity contribution in [3.05, 3.63) is 12.2 Å². The Morgan fingerprint density at radius 3 is 2.69 bits per heavy atom. The molecule has 92 valence electrons. The van der Waals surface area contributed by atoms with Crippen LogP contribution in [0.15, 0.2) is 12.2 Å². The lowest BCUT2D eigenvalue weighted by molar-refractivity contribution is -0.0297. The van der Waals surface area contributed by atoms with Crippen molar-refractivity contribution in [2.75, 3.05) is 0 Å². The molecule has 2 aliphatic rings. The van der Waals surface area contributed by atoms with E-state index in [4.69, 9.17) is 0 Å². The summed E-state index contributed by atoms with van der Waals surface area (Å²) >= 11 is 0. The topological polar surface area (TPSA) is 20.2 Å². The van der Waals surface area contributed by atoms with E-state index >= 15 is 0 Å². The molecule has 1 nitrogen and oxygen atoms in total. The van der Waals surface area contributed by atoms with Gasteiger partial charge in [-0.05, 0) is 55.8 Å². The van der Waals surface area contributed by atoms with Crippen LogP contribution in [0.1, 0.15) is 59.3 Å². The quantitative estimate of drug-likeness (QED) is 0.616. The van der Waals surface area contributed by atoms with E-state index in [0.717, 1.165) is 19.3 Å². The van der Waals surface area contributed by atoms with Crippen molar-refractivity contribution in [3.63, 3.8) is 0 Å². The van der Waals surface area contributed by atoms with E-state index < -0.39 is 5.60 Å². The zero-order valence-electron chi connectivity index (χ0n) is 11.1. The van der Waals surface area contributed by atoms with Gasteiger partial charge in [0.25, 0.3) is 0 Å². The second-order valence-electron chi connectivity index (χ2n) is 7.02. The Morgan fingerprint density at radius 2 is 2.00 bits per heavy atom. The van der Waals surface area contributed by atoms with Crippen molar-refractivity contribution in [3.8, 4) is 0 Å². The van der Waals surface area contributed by atoms with Gasteiger partial charge in [0.15, 0.2) is 0 Å². The van der Waals surface area contributed by atoms with Crippen LogP contribution >= 0.6 is 0 Å². The van der Waals surface area contributed by atoms with Crippen molar-refractivity contribution in [2.45, 2.75) is 64.9 Å². The predicted molar refractivity (Wildman–Crippen MR) is 68.2 cm³/mol. The molecule has 0 unspecified atom stereocenters. The summed E-state index contributed by atoms with van der Waals surface area (Å²) in [5.41, 5.74) is 1.18. The molecule has 0 saturated heterocycles. The molecule has 2 rings (SSSR count). The molecule has 16 heavy (non-hydrogen) atoms. The molecular formula is C15H26O. The Bertz CT molecular complexity index is 292. The van der Waals surface area contributed by atoms with Gasteiger partial charge in [-0.15, -0.1) is 0 Å². The molecule has 3 atom stereocenters. The average Bonchev–Trinajstić information content (AvgIpc) is 2.42. The average molecular weight is 222 g/mol. The van der Waals surface area contributed by atoms with Crippen LogP contribution in [0.4, 0.5) is 0 Å².